The topological polar surface area (TPSA) is 44.1 Å². The van der Waals surface area contributed by atoms with Crippen molar-refractivity contribution in [1.29, 1.82) is 5.26 Å². The minimum atomic E-state index is -0.277. The number of rotatable bonds is 2. The fourth-order valence-corrected chi connectivity index (χ4v) is 2.93. The van der Waals surface area contributed by atoms with Gasteiger partial charge in [0.2, 0.25) is 0 Å². The Labute approximate surface area is 128 Å². The maximum atomic E-state index is 13.1. The molecule has 22 heavy (non-hydrogen) atoms. The lowest BCUT2D eigenvalue weighted by Gasteiger charge is -2.25. The number of nitrogens with zero attached hydrogens (tertiary/aromatic N) is 2. The van der Waals surface area contributed by atoms with Gasteiger partial charge in [0.05, 0.1) is 17.7 Å². The Morgan fingerprint density at radius 2 is 2.00 bits per heavy atom. The molecule has 110 valence electrons. The van der Waals surface area contributed by atoms with Gasteiger partial charge in [-0.1, -0.05) is 18.2 Å². The van der Waals surface area contributed by atoms with Crippen LogP contribution in [0.3, 0.4) is 0 Å². The fourth-order valence-electron chi connectivity index (χ4n) is 2.93. The second-order valence-electron chi connectivity index (χ2n) is 5.40. The second kappa shape index (κ2) is 5.98. The molecule has 0 saturated carbocycles. The second-order valence-corrected chi connectivity index (χ2v) is 5.40. The maximum Gasteiger partial charge on any atom is 0.254 e. The van der Waals surface area contributed by atoms with Crippen molar-refractivity contribution in [2.24, 2.45) is 0 Å². The van der Waals surface area contributed by atoms with Crippen molar-refractivity contribution in [3.8, 4) is 6.07 Å². The van der Waals surface area contributed by atoms with E-state index in [1.54, 1.807) is 36.4 Å². The molecule has 0 spiro atoms. The number of carbonyl (C=O) groups is 1. The molecule has 1 saturated heterocycles. The standard InChI is InChI=1S/C18H15FN2O/c19-16-8-6-14(7-9-16)17-5-2-10-21(17)18(22)15-4-1-3-13(11-15)12-20/h1,3-4,6-9,11,17H,2,5,10H2. The van der Waals surface area contributed by atoms with Crippen LogP contribution in [0.15, 0.2) is 48.5 Å². The van der Waals surface area contributed by atoms with Crippen LogP contribution < -0.4 is 0 Å². The summed E-state index contributed by atoms with van der Waals surface area (Å²) in [6.07, 6.45) is 1.79. The summed E-state index contributed by atoms with van der Waals surface area (Å²) < 4.78 is 13.1. The molecule has 1 aliphatic rings. The molecule has 3 nitrogen and oxygen atoms in total. The summed E-state index contributed by atoms with van der Waals surface area (Å²) in [5.74, 6) is -0.356. The number of benzene rings is 2. The first-order chi connectivity index (χ1) is 10.7. The number of carbonyl (C=O) groups excluding carboxylic acids is 1. The Balaban J connectivity index is 1.87. The van der Waals surface area contributed by atoms with Crippen LogP contribution in [-0.4, -0.2) is 17.4 Å². The zero-order chi connectivity index (χ0) is 15.5. The van der Waals surface area contributed by atoms with E-state index >= 15 is 0 Å². The van der Waals surface area contributed by atoms with Crippen molar-refractivity contribution >= 4 is 5.91 Å². The predicted molar refractivity (Wildman–Crippen MR) is 80.6 cm³/mol. The number of halogens is 1. The molecular formula is C18H15FN2O. The van der Waals surface area contributed by atoms with Crippen LogP contribution in [0.2, 0.25) is 0 Å². The Morgan fingerprint density at radius 3 is 2.73 bits per heavy atom. The summed E-state index contributed by atoms with van der Waals surface area (Å²) >= 11 is 0. The zero-order valence-corrected chi connectivity index (χ0v) is 12.0. The van der Waals surface area contributed by atoms with E-state index in [1.165, 1.54) is 12.1 Å². The van der Waals surface area contributed by atoms with Crippen molar-refractivity contribution in [2.45, 2.75) is 18.9 Å². The van der Waals surface area contributed by atoms with E-state index in [1.807, 2.05) is 11.0 Å². The first-order valence-corrected chi connectivity index (χ1v) is 7.25. The SMILES string of the molecule is N#Cc1cccc(C(=O)N2CCCC2c2ccc(F)cc2)c1. The van der Waals surface area contributed by atoms with E-state index < -0.39 is 0 Å². The summed E-state index contributed by atoms with van der Waals surface area (Å²) in [7, 11) is 0. The number of hydrogen-bond acceptors (Lipinski definition) is 2. The highest BCUT2D eigenvalue weighted by molar-refractivity contribution is 5.95. The molecule has 1 fully saturated rings. The Kier molecular flexibility index (Phi) is 3.88. The maximum absolute atomic E-state index is 13.1. The van der Waals surface area contributed by atoms with Crippen LogP contribution in [0.4, 0.5) is 4.39 Å². The van der Waals surface area contributed by atoms with Crippen LogP contribution >= 0.6 is 0 Å². The first kappa shape index (κ1) is 14.3. The summed E-state index contributed by atoms with van der Waals surface area (Å²) in [5.41, 5.74) is 1.94. The van der Waals surface area contributed by atoms with Crippen LogP contribution in [-0.2, 0) is 0 Å². The normalized spacial score (nSPS) is 17.3. The highest BCUT2D eigenvalue weighted by Crippen LogP contribution is 2.33. The van der Waals surface area contributed by atoms with E-state index in [2.05, 4.69) is 0 Å². The third-order valence-electron chi connectivity index (χ3n) is 4.01. The number of nitriles is 1. The summed E-state index contributed by atoms with van der Waals surface area (Å²) in [4.78, 5) is 14.5. The van der Waals surface area contributed by atoms with Gasteiger partial charge in [0.15, 0.2) is 0 Å². The largest absolute Gasteiger partial charge is 0.332 e. The van der Waals surface area contributed by atoms with Crippen molar-refractivity contribution in [2.75, 3.05) is 6.54 Å². The predicted octanol–water partition coefficient (Wildman–Crippen LogP) is 3.67. The molecule has 0 aliphatic carbocycles. The molecular weight excluding hydrogens is 279 g/mol. The average Bonchev–Trinajstić information content (AvgIpc) is 3.04. The van der Waals surface area contributed by atoms with Gasteiger partial charge in [-0.3, -0.25) is 4.79 Å². The van der Waals surface area contributed by atoms with Gasteiger partial charge < -0.3 is 4.90 Å². The number of amides is 1. The Hall–Kier alpha value is -2.67. The monoisotopic (exact) mass is 294 g/mol. The van der Waals surface area contributed by atoms with E-state index in [-0.39, 0.29) is 17.8 Å². The van der Waals surface area contributed by atoms with E-state index in [9.17, 15) is 9.18 Å². The van der Waals surface area contributed by atoms with Gasteiger partial charge in [-0.05, 0) is 48.7 Å². The Morgan fingerprint density at radius 1 is 1.23 bits per heavy atom. The van der Waals surface area contributed by atoms with Crippen molar-refractivity contribution < 1.29 is 9.18 Å². The molecule has 4 heteroatoms. The number of hydrogen-bond donors (Lipinski definition) is 0. The molecule has 0 N–H and O–H groups in total. The summed E-state index contributed by atoms with van der Waals surface area (Å²) in [6, 6.07) is 15.1. The Bertz CT molecular complexity index is 733. The highest BCUT2D eigenvalue weighted by Gasteiger charge is 2.30. The van der Waals surface area contributed by atoms with Gasteiger partial charge >= 0.3 is 0 Å². The van der Waals surface area contributed by atoms with E-state index in [0.717, 1.165) is 18.4 Å². The minimum absolute atomic E-state index is 0.0289. The molecule has 3 rings (SSSR count). The van der Waals surface area contributed by atoms with Gasteiger partial charge in [-0.25, -0.2) is 4.39 Å². The molecule has 0 bridgehead atoms. The van der Waals surface area contributed by atoms with Crippen molar-refractivity contribution in [3.05, 3.63) is 71.0 Å². The van der Waals surface area contributed by atoms with Gasteiger partial charge in [0.1, 0.15) is 5.82 Å². The quantitative estimate of drug-likeness (QED) is 0.848. The molecule has 1 heterocycles. The minimum Gasteiger partial charge on any atom is -0.332 e. The molecule has 1 amide bonds. The third-order valence-corrected chi connectivity index (χ3v) is 4.01. The fraction of sp³-hybridized carbons (Fsp3) is 0.222. The van der Waals surface area contributed by atoms with Crippen LogP contribution in [0.1, 0.15) is 40.4 Å². The first-order valence-electron chi connectivity index (χ1n) is 7.25. The molecule has 1 aliphatic heterocycles. The van der Waals surface area contributed by atoms with E-state index in [0.29, 0.717) is 17.7 Å². The third kappa shape index (κ3) is 2.71. The lowest BCUT2D eigenvalue weighted by atomic mass is 10.0. The van der Waals surface area contributed by atoms with Gasteiger partial charge in [0.25, 0.3) is 5.91 Å². The molecule has 1 atom stereocenters. The lowest BCUT2D eigenvalue weighted by molar-refractivity contribution is 0.0735. The molecule has 2 aromatic carbocycles. The average molecular weight is 294 g/mol. The zero-order valence-electron chi connectivity index (χ0n) is 12.0. The number of likely N-dealkylation sites (tertiary alicyclic amines) is 1. The lowest BCUT2D eigenvalue weighted by Crippen LogP contribution is -2.30. The molecule has 0 aromatic heterocycles. The van der Waals surface area contributed by atoms with Gasteiger partial charge in [-0.2, -0.15) is 5.26 Å². The smallest absolute Gasteiger partial charge is 0.254 e. The summed E-state index contributed by atoms with van der Waals surface area (Å²) in [5, 5.41) is 8.95. The van der Waals surface area contributed by atoms with Crippen molar-refractivity contribution in [3.63, 3.8) is 0 Å². The van der Waals surface area contributed by atoms with E-state index in [4.69, 9.17) is 5.26 Å². The van der Waals surface area contributed by atoms with Crippen LogP contribution in [0.25, 0.3) is 0 Å². The van der Waals surface area contributed by atoms with Gasteiger partial charge in [-0.15, -0.1) is 0 Å². The molecule has 1 unspecified atom stereocenters. The molecule has 0 radical (unpaired) electrons. The van der Waals surface area contributed by atoms with Gasteiger partial charge in [0, 0.05) is 12.1 Å². The van der Waals surface area contributed by atoms with Crippen LogP contribution in [0.5, 0.6) is 0 Å². The highest BCUT2D eigenvalue weighted by atomic mass is 19.1. The summed E-state index contributed by atoms with van der Waals surface area (Å²) in [6.45, 7) is 0.678. The van der Waals surface area contributed by atoms with Crippen molar-refractivity contribution in [1.82, 2.24) is 4.90 Å². The van der Waals surface area contributed by atoms with Crippen LogP contribution in [0, 0.1) is 17.1 Å². The molecule has 2 aromatic rings.